The Morgan fingerprint density at radius 1 is 1.27 bits per heavy atom. The second-order valence-corrected chi connectivity index (χ2v) is 2.48. The van der Waals surface area contributed by atoms with Crippen molar-refractivity contribution in [3.8, 4) is 0 Å². The molecule has 1 aliphatic rings. The number of halogens is 5. The molecule has 1 heterocycles. The molecule has 1 rings (SSSR count). The second-order valence-electron chi connectivity index (χ2n) is 2.48. The largest absolute Gasteiger partial charge is 0.420 e. The van der Waals surface area contributed by atoms with Crippen molar-refractivity contribution in [3.05, 3.63) is 0 Å². The minimum absolute atomic E-state index is 0.480. The Labute approximate surface area is 59.1 Å². The van der Waals surface area contributed by atoms with Gasteiger partial charge in [-0.05, 0) is 6.92 Å². The smallest absolute Gasteiger partial charge is 0.326 e. The summed E-state index contributed by atoms with van der Waals surface area (Å²) in [5.74, 6) is 0. The molecule has 0 spiro atoms. The Kier molecular flexibility index (Phi) is 1.63. The van der Waals surface area contributed by atoms with Crippen molar-refractivity contribution < 1.29 is 26.7 Å². The molecule has 1 saturated heterocycles. The fourth-order valence-corrected chi connectivity index (χ4v) is 0.760. The SMILES string of the molecule is C[C@]1(C(F)(F)F)O[C@@H](F)[C@@H]1F. The molecule has 1 fully saturated rings. The Morgan fingerprint density at radius 2 is 1.73 bits per heavy atom. The van der Waals surface area contributed by atoms with Gasteiger partial charge in [-0.3, -0.25) is 0 Å². The summed E-state index contributed by atoms with van der Waals surface area (Å²) in [4.78, 5) is 0. The highest BCUT2D eigenvalue weighted by Crippen LogP contribution is 2.47. The van der Waals surface area contributed by atoms with Gasteiger partial charge in [0.05, 0.1) is 0 Å². The van der Waals surface area contributed by atoms with Crippen LogP contribution in [0.1, 0.15) is 6.92 Å². The molecule has 0 aromatic rings. The van der Waals surface area contributed by atoms with Crippen molar-refractivity contribution in [2.24, 2.45) is 0 Å². The van der Waals surface area contributed by atoms with E-state index in [2.05, 4.69) is 4.74 Å². The van der Waals surface area contributed by atoms with Crippen LogP contribution in [0.15, 0.2) is 0 Å². The first kappa shape index (κ1) is 8.70. The van der Waals surface area contributed by atoms with E-state index in [9.17, 15) is 22.0 Å². The maximum absolute atomic E-state index is 12.2. The van der Waals surface area contributed by atoms with Gasteiger partial charge in [0.1, 0.15) is 0 Å². The quantitative estimate of drug-likeness (QED) is 0.512. The normalized spacial score (nSPS) is 45.3. The average Bonchev–Trinajstić information content (AvgIpc) is 1.85. The van der Waals surface area contributed by atoms with Gasteiger partial charge in [-0.25, -0.2) is 8.78 Å². The molecule has 6 heteroatoms. The maximum atomic E-state index is 12.2. The van der Waals surface area contributed by atoms with Crippen LogP contribution in [0.4, 0.5) is 22.0 Å². The summed E-state index contributed by atoms with van der Waals surface area (Å²) in [5, 5.41) is 0. The van der Waals surface area contributed by atoms with Gasteiger partial charge in [0.2, 0.25) is 12.0 Å². The molecule has 0 aliphatic carbocycles. The van der Waals surface area contributed by atoms with Crippen molar-refractivity contribution in [1.82, 2.24) is 0 Å². The van der Waals surface area contributed by atoms with Crippen molar-refractivity contribution in [1.29, 1.82) is 0 Å². The van der Waals surface area contributed by atoms with Gasteiger partial charge in [0, 0.05) is 0 Å². The summed E-state index contributed by atoms with van der Waals surface area (Å²) in [6.45, 7) is 0.480. The summed E-state index contributed by atoms with van der Waals surface area (Å²) in [6.07, 6.45) is -9.90. The van der Waals surface area contributed by atoms with E-state index in [1.807, 2.05) is 0 Å². The predicted octanol–water partition coefficient (Wildman–Crippen LogP) is 1.97. The van der Waals surface area contributed by atoms with E-state index in [1.165, 1.54) is 0 Å². The number of rotatable bonds is 0. The van der Waals surface area contributed by atoms with Crippen molar-refractivity contribution in [3.63, 3.8) is 0 Å². The first-order valence-electron chi connectivity index (χ1n) is 2.82. The topological polar surface area (TPSA) is 9.23 Å². The van der Waals surface area contributed by atoms with Crippen LogP contribution in [0.5, 0.6) is 0 Å². The number of hydrogen-bond donors (Lipinski definition) is 0. The van der Waals surface area contributed by atoms with Crippen LogP contribution >= 0.6 is 0 Å². The van der Waals surface area contributed by atoms with E-state index in [0.29, 0.717) is 6.92 Å². The first-order valence-corrected chi connectivity index (χ1v) is 2.82. The summed E-state index contributed by atoms with van der Waals surface area (Å²) in [7, 11) is 0. The van der Waals surface area contributed by atoms with Gasteiger partial charge >= 0.3 is 6.18 Å². The number of ether oxygens (including phenoxy) is 1. The molecule has 66 valence electrons. The third kappa shape index (κ3) is 0.998. The van der Waals surface area contributed by atoms with Crippen LogP contribution in [-0.2, 0) is 4.74 Å². The minimum atomic E-state index is -4.85. The van der Waals surface area contributed by atoms with Crippen LogP contribution in [0.3, 0.4) is 0 Å². The zero-order valence-electron chi connectivity index (χ0n) is 5.45. The Morgan fingerprint density at radius 3 is 1.82 bits per heavy atom. The van der Waals surface area contributed by atoms with Crippen molar-refractivity contribution in [2.75, 3.05) is 0 Å². The summed E-state index contributed by atoms with van der Waals surface area (Å²) < 4.78 is 63.0. The molecule has 0 saturated carbocycles. The Hall–Kier alpha value is -0.390. The number of alkyl halides is 5. The van der Waals surface area contributed by atoms with Gasteiger partial charge in [0.25, 0.3) is 0 Å². The Balaban J connectivity index is 2.73. The lowest BCUT2D eigenvalue weighted by atomic mass is 9.93. The maximum Gasteiger partial charge on any atom is 0.420 e. The van der Waals surface area contributed by atoms with Gasteiger partial charge in [-0.2, -0.15) is 13.2 Å². The van der Waals surface area contributed by atoms with E-state index in [-0.39, 0.29) is 0 Å². The van der Waals surface area contributed by atoms with Gasteiger partial charge in [-0.1, -0.05) is 0 Å². The molecule has 0 amide bonds. The molecule has 1 nitrogen and oxygen atoms in total. The number of hydrogen-bond acceptors (Lipinski definition) is 1. The van der Waals surface area contributed by atoms with Gasteiger partial charge in [-0.15, -0.1) is 0 Å². The summed E-state index contributed by atoms with van der Waals surface area (Å²) in [6, 6.07) is 0. The lowest BCUT2D eigenvalue weighted by Gasteiger charge is -2.45. The molecular weight excluding hydrogens is 171 g/mol. The third-order valence-corrected chi connectivity index (χ3v) is 1.68. The molecule has 0 aromatic heterocycles. The second kappa shape index (κ2) is 2.06. The predicted molar refractivity (Wildman–Crippen MR) is 25.3 cm³/mol. The fourth-order valence-electron chi connectivity index (χ4n) is 0.760. The molecule has 0 bridgehead atoms. The standard InChI is InChI=1S/C5H5F5O/c1-4(5(8,9)10)2(6)3(7)11-4/h2-3H,1H3/t2-,3+,4-/m0/s1. The lowest BCUT2D eigenvalue weighted by molar-refractivity contribution is -0.400. The zero-order chi connectivity index (χ0) is 8.86. The molecule has 0 radical (unpaired) electrons. The van der Waals surface area contributed by atoms with E-state index in [4.69, 9.17) is 0 Å². The molecule has 0 unspecified atom stereocenters. The fraction of sp³-hybridized carbons (Fsp3) is 1.00. The molecule has 0 aromatic carbocycles. The van der Waals surface area contributed by atoms with Crippen molar-refractivity contribution >= 4 is 0 Å². The highest BCUT2D eigenvalue weighted by Gasteiger charge is 2.69. The van der Waals surface area contributed by atoms with E-state index < -0.39 is 24.3 Å². The summed E-state index contributed by atoms with van der Waals surface area (Å²) in [5.41, 5.74) is -2.95. The van der Waals surface area contributed by atoms with Crippen molar-refractivity contribution in [2.45, 2.75) is 31.2 Å². The Bertz CT molecular complexity index is 167. The zero-order valence-corrected chi connectivity index (χ0v) is 5.45. The van der Waals surface area contributed by atoms with Crippen LogP contribution < -0.4 is 0 Å². The molecule has 11 heavy (non-hydrogen) atoms. The molecule has 3 atom stereocenters. The average molecular weight is 176 g/mol. The van der Waals surface area contributed by atoms with Crippen LogP contribution in [-0.4, -0.2) is 24.3 Å². The highest BCUT2D eigenvalue weighted by atomic mass is 19.4. The van der Waals surface area contributed by atoms with E-state index in [1.54, 1.807) is 0 Å². The first-order chi connectivity index (χ1) is 4.79. The third-order valence-electron chi connectivity index (χ3n) is 1.68. The van der Waals surface area contributed by atoms with E-state index in [0.717, 1.165) is 0 Å². The van der Waals surface area contributed by atoms with Gasteiger partial charge in [0.15, 0.2) is 6.17 Å². The lowest BCUT2D eigenvalue weighted by Crippen LogP contribution is -2.66. The minimum Gasteiger partial charge on any atom is -0.326 e. The van der Waals surface area contributed by atoms with Crippen LogP contribution in [0, 0.1) is 0 Å². The highest BCUT2D eigenvalue weighted by molar-refractivity contribution is 5.00. The monoisotopic (exact) mass is 176 g/mol. The molecular formula is C5H5F5O. The molecule has 1 aliphatic heterocycles. The molecule has 0 N–H and O–H groups in total. The van der Waals surface area contributed by atoms with Crippen LogP contribution in [0.2, 0.25) is 0 Å². The summed E-state index contributed by atoms with van der Waals surface area (Å²) >= 11 is 0. The van der Waals surface area contributed by atoms with E-state index >= 15 is 0 Å². The van der Waals surface area contributed by atoms with Gasteiger partial charge < -0.3 is 4.74 Å². The van der Waals surface area contributed by atoms with Crippen LogP contribution in [0.25, 0.3) is 0 Å².